The Morgan fingerprint density at radius 2 is 1.03 bits per heavy atom. The number of phenols is 1. The van der Waals surface area contributed by atoms with Gasteiger partial charge in [0.15, 0.2) is 0 Å². The first kappa shape index (κ1) is 41.9. The molecule has 1 heterocycles. The summed E-state index contributed by atoms with van der Waals surface area (Å²) in [7, 11) is 3.73. The summed E-state index contributed by atoms with van der Waals surface area (Å²) in [4.78, 5) is 0. The Balaban J connectivity index is 1.53. The van der Waals surface area contributed by atoms with E-state index in [2.05, 4.69) is 41.8 Å². The number of benzene rings is 7. The lowest BCUT2D eigenvalue weighted by Gasteiger charge is -2.23. The van der Waals surface area contributed by atoms with Gasteiger partial charge in [0.05, 0.1) is 53.2 Å². The molecule has 7 aromatic carbocycles. The Morgan fingerprint density at radius 1 is 0.541 bits per heavy atom. The highest BCUT2D eigenvalue weighted by Gasteiger charge is 2.35. The van der Waals surface area contributed by atoms with Crippen molar-refractivity contribution in [3.8, 4) is 73.3 Å². The van der Waals surface area contributed by atoms with Crippen molar-refractivity contribution < 1.29 is 37.2 Å². The highest BCUT2D eigenvalue weighted by molar-refractivity contribution is 7.63. The molecule has 61 heavy (non-hydrogen) atoms. The Bertz CT molecular complexity index is 2840. The van der Waals surface area contributed by atoms with Crippen LogP contribution in [-0.2, 0) is 6.18 Å². The van der Waals surface area contributed by atoms with Crippen molar-refractivity contribution in [3.05, 3.63) is 132 Å². The minimum absolute atomic E-state index is 0.0751. The van der Waals surface area contributed by atoms with Crippen molar-refractivity contribution in [2.45, 2.75) is 25.8 Å². The van der Waals surface area contributed by atoms with Gasteiger partial charge in [0.25, 0.3) is 0 Å². The zero-order chi connectivity index (χ0) is 43.2. The smallest absolute Gasteiger partial charge is 0.416 e. The van der Waals surface area contributed by atoms with E-state index < -0.39 is 19.8 Å². The molecule has 1 aromatic heterocycles. The molecule has 0 bridgehead atoms. The monoisotopic (exact) mass is 872 g/mol. The van der Waals surface area contributed by atoms with Gasteiger partial charge in [-0.1, -0.05) is 92.4 Å². The lowest BCUT2D eigenvalue weighted by atomic mass is 9.84. The number of hydrogen-bond acceptors (Lipinski definition) is 6. The van der Waals surface area contributed by atoms with Crippen molar-refractivity contribution >= 4 is 64.6 Å². The summed E-state index contributed by atoms with van der Waals surface area (Å²) in [5.74, 6) is 2.29. The first-order valence-electron chi connectivity index (χ1n) is 19.6. The van der Waals surface area contributed by atoms with Crippen molar-refractivity contribution in [2.75, 3.05) is 28.4 Å². The van der Waals surface area contributed by atoms with Crippen LogP contribution < -0.4 is 34.1 Å². The molecule has 0 spiro atoms. The summed E-state index contributed by atoms with van der Waals surface area (Å²) in [6, 6.07) is 38.3. The van der Waals surface area contributed by atoms with Gasteiger partial charge in [-0.3, -0.25) is 0 Å². The van der Waals surface area contributed by atoms with Crippen LogP contribution in [0.25, 0.3) is 66.1 Å². The van der Waals surface area contributed by atoms with Gasteiger partial charge in [-0.05, 0) is 111 Å². The fourth-order valence-electron chi connectivity index (χ4n) is 8.17. The Kier molecular flexibility index (Phi) is 11.4. The maximum Gasteiger partial charge on any atom is 0.416 e. The number of aromatic hydroxyl groups is 1. The lowest BCUT2D eigenvalue weighted by Crippen LogP contribution is -2.40. The van der Waals surface area contributed by atoms with Crippen LogP contribution in [0, 0.1) is 0 Å². The zero-order valence-corrected chi connectivity index (χ0v) is 37.6. The van der Waals surface area contributed by atoms with Gasteiger partial charge in [-0.2, -0.15) is 13.2 Å². The summed E-state index contributed by atoms with van der Waals surface area (Å²) in [6.07, 6.45) is -4.60. The van der Waals surface area contributed by atoms with Crippen molar-refractivity contribution in [1.29, 1.82) is 0 Å². The van der Waals surface area contributed by atoms with Gasteiger partial charge in [0.2, 0.25) is 0 Å². The van der Waals surface area contributed by atoms with Crippen molar-refractivity contribution in [2.24, 2.45) is 0 Å². The minimum Gasteiger partial charge on any atom is -0.507 e. The topological polar surface area (TPSA) is 57.2 Å². The molecule has 0 aliphatic rings. The summed E-state index contributed by atoms with van der Waals surface area (Å²) in [5.41, 5.74) is 5.65. The summed E-state index contributed by atoms with van der Waals surface area (Å²) < 4.78 is 68.8. The van der Waals surface area contributed by atoms with Crippen LogP contribution >= 0.6 is 19.9 Å². The number of alkyl halides is 3. The molecule has 1 atom stereocenters. The number of phenolic OH excluding ortho intramolecular Hbond substituents is 1. The van der Waals surface area contributed by atoms with Gasteiger partial charge in [0, 0.05) is 21.0 Å². The molecule has 0 aliphatic carbocycles. The van der Waals surface area contributed by atoms with Crippen LogP contribution in [0.1, 0.15) is 5.56 Å². The predicted octanol–water partition coefficient (Wildman–Crippen LogP) is 12.7. The maximum absolute atomic E-state index is 14.6. The number of ether oxygens (including phenoxy) is 4. The van der Waals surface area contributed by atoms with E-state index in [0.29, 0.717) is 28.2 Å². The van der Waals surface area contributed by atoms with E-state index in [1.807, 2.05) is 92.4 Å². The van der Waals surface area contributed by atoms with E-state index in [1.54, 1.807) is 28.4 Å². The van der Waals surface area contributed by atoms with E-state index in [9.17, 15) is 18.3 Å². The third-order valence-electron chi connectivity index (χ3n) is 11.0. The minimum atomic E-state index is -4.60. The third kappa shape index (κ3) is 7.73. The Hall–Kier alpha value is -5.80. The van der Waals surface area contributed by atoms with Crippen molar-refractivity contribution in [1.82, 2.24) is 0 Å². The lowest BCUT2D eigenvalue weighted by molar-refractivity contribution is -0.137. The molecule has 310 valence electrons. The number of halogens is 3. The summed E-state index contributed by atoms with van der Waals surface area (Å²) in [5, 5.41) is 18.7. The quantitative estimate of drug-likeness (QED) is 0.0797. The molecule has 1 unspecified atom stereocenters. The first-order chi connectivity index (χ1) is 29.3. The van der Waals surface area contributed by atoms with Gasteiger partial charge in [-0.25, -0.2) is 0 Å². The highest BCUT2D eigenvalue weighted by atomic mass is 32.1. The molecule has 11 heteroatoms. The molecule has 0 fully saturated rings. The molecular weight excluding hydrogens is 829 g/mol. The molecular formula is C50H44F3O5PSSi. The average Bonchev–Trinajstić information content (AvgIpc) is 3.66. The molecule has 0 aliphatic heterocycles. The maximum atomic E-state index is 14.6. The molecule has 0 amide bonds. The Morgan fingerprint density at radius 3 is 1.56 bits per heavy atom. The summed E-state index contributed by atoms with van der Waals surface area (Å²) in [6.45, 7) is 5.84. The van der Waals surface area contributed by atoms with E-state index in [-0.39, 0.29) is 19.6 Å². The predicted molar refractivity (Wildman–Crippen MR) is 251 cm³/mol. The molecule has 1 N–H and O–H groups in total. The van der Waals surface area contributed by atoms with Crippen LogP contribution in [0.5, 0.6) is 28.7 Å². The van der Waals surface area contributed by atoms with Crippen LogP contribution in [0.3, 0.4) is 0 Å². The number of methoxy groups -OCH3 is 4. The van der Waals surface area contributed by atoms with E-state index in [0.717, 1.165) is 82.8 Å². The number of thiophene rings is 1. The fourth-order valence-corrected chi connectivity index (χ4v) is 12.4. The van der Waals surface area contributed by atoms with E-state index >= 15 is 0 Å². The molecule has 5 nitrogen and oxygen atoms in total. The third-order valence-corrected chi connectivity index (χ3v) is 15.6. The van der Waals surface area contributed by atoms with Crippen molar-refractivity contribution in [3.63, 3.8) is 0 Å². The standard InChI is InChI=1S/C50H44F3O5PSSi/c1-55-38-20-12-21-39(56-2)46(38)34-18-11-19-35(47-40(57-3)22-13-23-41(47)58-4)44(34)37-28-60-49(59-42-26-32(50(51,52)53)27-43(48(42)54)61(5,6)7)45(37)33-17-10-16-31-24-29-14-8-9-15-30(29)25-36(31)33/h8-28,54,59H,1-7H3. The number of fused-ring (bicyclic) bond motifs is 2. The largest absolute Gasteiger partial charge is 0.507 e. The molecule has 0 radical (unpaired) electrons. The average molecular weight is 873 g/mol. The SMILES string of the molecule is COc1cccc(OC)c1-c1cccc(-c2c(OC)cccc2OC)c1-c1csc(Pc2cc(C(F)(F)F)cc([Si](C)(C)C)c2O)c1-c1cccc2cc3ccccc3cc12. The molecule has 8 rings (SSSR count). The second-order valence-corrected chi connectivity index (χ2v) is 23.2. The highest BCUT2D eigenvalue weighted by Crippen LogP contribution is 2.53. The van der Waals surface area contributed by atoms with Gasteiger partial charge >= 0.3 is 6.18 Å². The van der Waals surface area contributed by atoms with Crippen LogP contribution in [0.2, 0.25) is 19.6 Å². The zero-order valence-electron chi connectivity index (χ0n) is 34.7. The molecule has 8 aromatic rings. The van der Waals surface area contributed by atoms with Crippen LogP contribution in [0.4, 0.5) is 13.2 Å². The van der Waals surface area contributed by atoms with Crippen LogP contribution in [0.15, 0.2) is 127 Å². The van der Waals surface area contributed by atoms with Crippen LogP contribution in [-0.4, -0.2) is 41.6 Å². The molecule has 0 saturated heterocycles. The second-order valence-electron chi connectivity index (χ2n) is 15.7. The molecule has 0 saturated carbocycles. The fraction of sp³-hybridized carbons (Fsp3) is 0.160. The first-order valence-corrected chi connectivity index (χ1v) is 25.0. The summed E-state index contributed by atoms with van der Waals surface area (Å²) >= 11 is 1.46. The van der Waals surface area contributed by atoms with E-state index in [4.69, 9.17) is 18.9 Å². The second kappa shape index (κ2) is 16.6. The van der Waals surface area contributed by atoms with Gasteiger partial charge in [0.1, 0.15) is 28.7 Å². The number of hydrogen-bond donors (Lipinski definition) is 1. The normalized spacial score (nSPS) is 12.1. The Labute approximate surface area is 360 Å². The van der Waals surface area contributed by atoms with Gasteiger partial charge < -0.3 is 24.1 Å². The number of rotatable bonds is 11. The van der Waals surface area contributed by atoms with Gasteiger partial charge in [-0.15, -0.1) is 11.3 Å². The van der Waals surface area contributed by atoms with E-state index in [1.165, 1.54) is 11.3 Å².